The third-order valence-electron chi connectivity index (χ3n) is 4.73. The highest BCUT2D eigenvalue weighted by molar-refractivity contribution is 7.12. The summed E-state index contributed by atoms with van der Waals surface area (Å²) in [4.78, 5) is 26.4. The number of carbonyl (C=O) groups excluding carboxylic acids is 1. The van der Waals surface area contributed by atoms with Crippen molar-refractivity contribution in [3.05, 3.63) is 40.8 Å². The highest BCUT2D eigenvalue weighted by Crippen LogP contribution is 2.35. The summed E-state index contributed by atoms with van der Waals surface area (Å²) in [5.41, 5.74) is -0.0391. The van der Waals surface area contributed by atoms with Gasteiger partial charge in [0.25, 0.3) is 5.91 Å². The largest absolute Gasteiger partial charge is 0.379 e. The molecular formula is C17H20N4O2S. The van der Waals surface area contributed by atoms with Gasteiger partial charge in [-0.3, -0.25) is 4.79 Å². The third-order valence-corrected chi connectivity index (χ3v) is 5.59. The van der Waals surface area contributed by atoms with Crippen molar-refractivity contribution in [1.29, 1.82) is 0 Å². The number of hydrogen-bond acceptors (Lipinski definition) is 6. The van der Waals surface area contributed by atoms with Crippen LogP contribution in [0.15, 0.2) is 36.0 Å². The number of hydrogen-bond donors (Lipinski definition) is 0. The maximum atomic E-state index is 12.7. The minimum atomic E-state index is -0.0391. The fraction of sp³-hybridized carbons (Fsp3) is 0.471. The molecule has 6 nitrogen and oxygen atoms in total. The Balaban J connectivity index is 1.51. The van der Waals surface area contributed by atoms with Crippen molar-refractivity contribution in [2.24, 2.45) is 5.41 Å². The van der Waals surface area contributed by atoms with Crippen LogP contribution >= 0.6 is 11.3 Å². The normalized spacial score (nSPS) is 24.3. The molecule has 1 amide bonds. The topological polar surface area (TPSA) is 58.6 Å². The molecule has 2 aliphatic rings. The second kappa shape index (κ2) is 6.49. The number of anilines is 1. The van der Waals surface area contributed by atoms with E-state index in [1.165, 1.54) is 11.3 Å². The zero-order valence-electron chi connectivity index (χ0n) is 13.4. The van der Waals surface area contributed by atoms with Crippen molar-refractivity contribution >= 4 is 23.2 Å². The molecule has 0 radical (unpaired) electrons. The van der Waals surface area contributed by atoms with Gasteiger partial charge in [0.1, 0.15) is 0 Å². The molecule has 2 aliphatic heterocycles. The van der Waals surface area contributed by atoms with Crippen LogP contribution in [0, 0.1) is 5.41 Å². The Bertz CT molecular complexity index is 694. The number of ether oxygens (including phenoxy) is 1. The summed E-state index contributed by atoms with van der Waals surface area (Å²) < 4.78 is 5.86. The molecule has 0 bridgehead atoms. The standard InChI is InChI=1S/C17H20N4O2S/c22-15(14-3-1-10-24-14)20-8-9-23-13-17(11-20)4-7-21(12-17)16-18-5-2-6-19-16/h1-3,5-6,10H,4,7-9,11-13H2. The Morgan fingerprint density at radius 3 is 2.88 bits per heavy atom. The Kier molecular flexibility index (Phi) is 4.20. The highest BCUT2D eigenvalue weighted by Gasteiger charge is 2.43. The first-order chi connectivity index (χ1) is 11.8. The molecule has 1 atom stereocenters. The van der Waals surface area contributed by atoms with Crippen LogP contribution in [0.2, 0.25) is 0 Å². The predicted molar refractivity (Wildman–Crippen MR) is 92.3 cm³/mol. The first-order valence-corrected chi connectivity index (χ1v) is 9.06. The molecule has 2 aromatic rings. The Labute approximate surface area is 145 Å². The lowest BCUT2D eigenvalue weighted by atomic mass is 9.87. The number of rotatable bonds is 2. The smallest absolute Gasteiger partial charge is 0.264 e. The highest BCUT2D eigenvalue weighted by atomic mass is 32.1. The van der Waals surface area contributed by atoms with Crippen molar-refractivity contribution in [2.75, 3.05) is 44.3 Å². The molecule has 0 saturated carbocycles. The molecule has 7 heteroatoms. The van der Waals surface area contributed by atoms with Crippen LogP contribution in [0.4, 0.5) is 5.95 Å². The van der Waals surface area contributed by atoms with Crippen molar-refractivity contribution in [3.63, 3.8) is 0 Å². The molecule has 0 N–H and O–H groups in total. The van der Waals surface area contributed by atoms with Gasteiger partial charge in [0, 0.05) is 44.0 Å². The second-order valence-corrected chi connectivity index (χ2v) is 7.42. The zero-order valence-corrected chi connectivity index (χ0v) is 14.2. The summed E-state index contributed by atoms with van der Waals surface area (Å²) in [6, 6.07) is 5.64. The molecule has 2 fully saturated rings. The summed E-state index contributed by atoms with van der Waals surface area (Å²) in [6.07, 6.45) is 4.52. The summed E-state index contributed by atoms with van der Waals surface area (Å²) >= 11 is 1.50. The molecular weight excluding hydrogens is 324 g/mol. The fourth-order valence-corrected chi connectivity index (χ4v) is 4.22. The zero-order chi connectivity index (χ0) is 16.4. The van der Waals surface area contributed by atoms with Gasteiger partial charge < -0.3 is 14.5 Å². The van der Waals surface area contributed by atoms with Gasteiger partial charge in [-0.25, -0.2) is 9.97 Å². The first kappa shape index (κ1) is 15.5. The summed E-state index contributed by atoms with van der Waals surface area (Å²) in [5.74, 6) is 0.874. The second-order valence-electron chi connectivity index (χ2n) is 6.48. The van der Waals surface area contributed by atoms with E-state index in [1.807, 2.05) is 28.5 Å². The van der Waals surface area contributed by atoms with Crippen LogP contribution in [0.1, 0.15) is 16.1 Å². The maximum Gasteiger partial charge on any atom is 0.264 e. The number of amides is 1. The molecule has 0 aliphatic carbocycles. The van der Waals surface area contributed by atoms with Gasteiger partial charge in [0.05, 0.1) is 18.1 Å². The van der Waals surface area contributed by atoms with Crippen LogP contribution in [0.5, 0.6) is 0 Å². The molecule has 126 valence electrons. The summed E-state index contributed by atoms with van der Waals surface area (Å²) in [6.45, 7) is 4.39. The first-order valence-electron chi connectivity index (χ1n) is 8.18. The van der Waals surface area contributed by atoms with E-state index >= 15 is 0 Å². The van der Waals surface area contributed by atoms with Crippen molar-refractivity contribution in [3.8, 4) is 0 Å². The van der Waals surface area contributed by atoms with E-state index in [0.717, 1.165) is 36.9 Å². The van der Waals surface area contributed by atoms with Gasteiger partial charge in [0.15, 0.2) is 0 Å². The van der Waals surface area contributed by atoms with E-state index in [-0.39, 0.29) is 11.3 Å². The average molecular weight is 344 g/mol. The minimum absolute atomic E-state index is 0.0391. The van der Waals surface area contributed by atoms with E-state index in [1.54, 1.807) is 12.4 Å². The van der Waals surface area contributed by atoms with Crippen molar-refractivity contribution in [1.82, 2.24) is 14.9 Å². The van der Waals surface area contributed by atoms with Gasteiger partial charge in [-0.15, -0.1) is 11.3 Å². The molecule has 1 spiro atoms. The Morgan fingerprint density at radius 2 is 2.08 bits per heavy atom. The van der Waals surface area contributed by atoms with E-state index in [0.29, 0.717) is 19.8 Å². The number of carbonyl (C=O) groups is 1. The van der Waals surface area contributed by atoms with E-state index in [9.17, 15) is 4.79 Å². The van der Waals surface area contributed by atoms with Crippen LogP contribution in [-0.4, -0.2) is 60.2 Å². The lowest BCUT2D eigenvalue weighted by Gasteiger charge is -2.31. The maximum absolute atomic E-state index is 12.7. The molecule has 24 heavy (non-hydrogen) atoms. The third kappa shape index (κ3) is 3.01. The number of aromatic nitrogens is 2. The summed E-state index contributed by atoms with van der Waals surface area (Å²) in [5, 5.41) is 1.95. The lowest BCUT2D eigenvalue weighted by Crippen LogP contribution is -2.43. The van der Waals surface area contributed by atoms with Crippen LogP contribution < -0.4 is 4.90 Å². The monoisotopic (exact) mass is 344 g/mol. The number of nitrogens with zero attached hydrogens (tertiary/aromatic N) is 4. The summed E-state index contributed by atoms with van der Waals surface area (Å²) in [7, 11) is 0. The predicted octanol–water partition coefficient (Wildman–Crippen LogP) is 1.91. The molecule has 4 rings (SSSR count). The van der Waals surface area contributed by atoms with E-state index < -0.39 is 0 Å². The van der Waals surface area contributed by atoms with Gasteiger partial charge in [0.2, 0.25) is 5.95 Å². The lowest BCUT2D eigenvalue weighted by molar-refractivity contribution is 0.0695. The van der Waals surface area contributed by atoms with Crippen molar-refractivity contribution < 1.29 is 9.53 Å². The number of thiophene rings is 1. The quantitative estimate of drug-likeness (QED) is 0.833. The molecule has 4 heterocycles. The Hall–Kier alpha value is -1.99. The Morgan fingerprint density at radius 1 is 1.21 bits per heavy atom. The van der Waals surface area contributed by atoms with Gasteiger partial charge in [-0.2, -0.15) is 0 Å². The van der Waals surface area contributed by atoms with Crippen LogP contribution in [-0.2, 0) is 4.74 Å². The SMILES string of the molecule is O=C(c1cccs1)N1CCOCC2(CCN(c3ncccn3)C2)C1. The molecule has 2 aromatic heterocycles. The minimum Gasteiger partial charge on any atom is -0.379 e. The average Bonchev–Trinajstić information content (AvgIpc) is 3.24. The van der Waals surface area contributed by atoms with Crippen LogP contribution in [0.25, 0.3) is 0 Å². The fourth-order valence-electron chi connectivity index (χ4n) is 3.53. The molecule has 0 aromatic carbocycles. The van der Waals surface area contributed by atoms with E-state index in [4.69, 9.17) is 4.74 Å². The van der Waals surface area contributed by atoms with Gasteiger partial charge in [-0.1, -0.05) is 6.07 Å². The van der Waals surface area contributed by atoms with Gasteiger partial charge in [-0.05, 0) is 23.9 Å². The van der Waals surface area contributed by atoms with Crippen molar-refractivity contribution in [2.45, 2.75) is 6.42 Å². The molecule has 2 saturated heterocycles. The van der Waals surface area contributed by atoms with E-state index in [2.05, 4.69) is 14.9 Å². The molecule has 1 unspecified atom stereocenters. The van der Waals surface area contributed by atoms with Crippen LogP contribution in [0.3, 0.4) is 0 Å². The van der Waals surface area contributed by atoms with Gasteiger partial charge >= 0.3 is 0 Å².